The first-order valence-corrected chi connectivity index (χ1v) is 8.14. The van der Waals surface area contributed by atoms with Crippen LogP contribution in [0.15, 0.2) is 24.3 Å². The molecule has 1 aromatic carbocycles. The maximum absolute atomic E-state index is 13.0. The number of piperidine rings is 1. The van der Waals surface area contributed by atoms with Crippen LogP contribution < -0.4 is 5.32 Å². The SMILES string of the molecule is O=C(NC(CC(F)F)C(=O)O)C1CCCN(C(=O)c2ccc(F)cc2)C1. The molecule has 2 unspecified atom stereocenters. The number of rotatable bonds is 6. The molecule has 0 saturated carbocycles. The predicted octanol–water partition coefficient (Wildman–Crippen LogP) is 1.90. The minimum absolute atomic E-state index is 0.0447. The van der Waals surface area contributed by atoms with Crippen molar-refractivity contribution in [3.63, 3.8) is 0 Å². The van der Waals surface area contributed by atoms with Crippen molar-refractivity contribution in [2.24, 2.45) is 5.92 Å². The summed E-state index contributed by atoms with van der Waals surface area (Å²) in [6.45, 7) is 0.447. The number of aliphatic carboxylic acids is 1. The van der Waals surface area contributed by atoms with E-state index < -0.39 is 42.5 Å². The summed E-state index contributed by atoms with van der Waals surface area (Å²) in [4.78, 5) is 37.1. The Hall–Kier alpha value is -2.58. The summed E-state index contributed by atoms with van der Waals surface area (Å²) in [5.41, 5.74) is 0.272. The molecular weight excluding hydrogens is 353 g/mol. The van der Waals surface area contributed by atoms with Gasteiger partial charge in [-0.2, -0.15) is 0 Å². The lowest BCUT2D eigenvalue weighted by Crippen LogP contribution is -2.49. The van der Waals surface area contributed by atoms with Crippen molar-refractivity contribution in [3.05, 3.63) is 35.6 Å². The highest BCUT2D eigenvalue weighted by Crippen LogP contribution is 2.20. The van der Waals surface area contributed by atoms with Gasteiger partial charge in [-0.05, 0) is 37.1 Å². The van der Waals surface area contributed by atoms with Gasteiger partial charge in [-0.15, -0.1) is 0 Å². The first-order valence-electron chi connectivity index (χ1n) is 8.14. The Labute approximate surface area is 148 Å². The van der Waals surface area contributed by atoms with Gasteiger partial charge in [-0.3, -0.25) is 9.59 Å². The van der Waals surface area contributed by atoms with Crippen LogP contribution >= 0.6 is 0 Å². The normalized spacial score (nSPS) is 18.5. The molecule has 1 aliphatic heterocycles. The van der Waals surface area contributed by atoms with Crippen molar-refractivity contribution in [1.29, 1.82) is 0 Å². The van der Waals surface area contributed by atoms with Gasteiger partial charge in [0.2, 0.25) is 12.3 Å². The van der Waals surface area contributed by atoms with Crippen LogP contribution in [-0.4, -0.2) is 53.3 Å². The third kappa shape index (κ3) is 5.21. The van der Waals surface area contributed by atoms with E-state index in [0.29, 0.717) is 19.4 Å². The summed E-state index contributed by atoms with van der Waals surface area (Å²) in [6, 6.07) is 3.31. The van der Waals surface area contributed by atoms with Crippen LogP contribution in [0.25, 0.3) is 0 Å². The van der Waals surface area contributed by atoms with Crippen LogP contribution in [0.4, 0.5) is 13.2 Å². The fraction of sp³-hybridized carbons (Fsp3) is 0.471. The number of carboxylic acid groups (broad SMARTS) is 1. The van der Waals surface area contributed by atoms with E-state index in [4.69, 9.17) is 5.11 Å². The van der Waals surface area contributed by atoms with Gasteiger partial charge in [0.05, 0.1) is 5.92 Å². The van der Waals surface area contributed by atoms with Crippen LogP contribution in [0.5, 0.6) is 0 Å². The molecule has 0 spiro atoms. The van der Waals surface area contributed by atoms with Gasteiger partial charge in [0.15, 0.2) is 0 Å². The number of carboxylic acids is 1. The summed E-state index contributed by atoms with van der Waals surface area (Å²) < 4.78 is 37.8. The van der Waals surface area contributed by atoms with Gasteiger partial charge in [-0.1, -0.05) is 0 Å². The molecule has 9 heteroatoms. The molecule has 2 N–H and O–H groups in total. The highest BCUT2D eigenvalue weighted by Gasteiger charge is 2.32. The molecule has 1 aromatic rings. The zero-order valence-electron chi connectivity index (χ0n) is 13.8. The van der Waals surface area contributed by atoms with E-state index in [1.807, 2.05) is 0 Å². The fourth-order valence-electron chi connectivity index (χ4n) is 2.84. The Morgan fingerprint density at radius 1 is 1.23 bits per heavy atom. The number of nitrogens with one attached hydrogen (secondary N) is 1. The zero-order valence-corrected chi connectivity index (χ0v) is 13.8. The first kappa shape index (κ1) is 19.7. The lowest BCUT2D eigenvalue weighted by molar-refractivity contribution is -0.144. The molecule has 26 heavy (non-hydrogen) atoms. The highest BCUT2D eigenvalue weighted by atomic mass is 19.3. The van der Waals surface area contributed by atoms with E-state index in [0.717, 1.165) is 12.1 Å². The highest BCUT2D eigenvalue weighted by molar-refractivity contribution is 5.94. The lowest BCUT2D eigenvalue weighted by Gasteiger charge is -2.32. The summed E-state index contributed by atoms with van der Waals surface area (Å²) in [5.74, 6) is -3.74. The van der Waals surface area contributed by atoms with Crippen molar-refractivity contribution < 1.29 is 32.7 Å². The number of carbonyl (C=O) groups excluding carboxylic acids is 2. The molecule has 0 aromatic heterocycles. The Morgan fingerprint density at radius 2 is 1.88 bits per heavy atom. The van der Waals surface area contributed by atoms with Crippen molar-refractivity contribution in [2.75, 3.05) is 13.1 Å². The smallest absolute Gasteiger partial charge is 0.326 e. The van der Waals surface area contributed by atoms with Crippen molar-refractivity contribution >= 4 is 17.8 Å². The first-order chi connectivity index (χ1) is 12.3. The number of hydrogen-bond donors (Lipinski definition) is 2. The predicted molar refractivity (Wildman–Crippen MR) is 85.2 cm³/mol. The molecule has 1 aliphatic rings. The van der Waals surface area contributed by atoms with E-state index >= 15 is 0 Å². The minimum atomic E-state index is -2.86. The molecule has 2 atom stereocenters. The summed E-state index contributed by atoms with van der Waals surface area (Å²) in [5, 5.41) is 11.1. The lowest BCUT2D eigenvalue weighted by atomic mass is 9.96. The van der Waals surface area contributed by atoms with Crippen molar-refractivity contribution in [3.8, 4) is 0 Å². The number of nitrogens with zero attached hydrogens (tertiary/aromatic N) is 1. The number of likely N-dealkylation sites (tertiary alicyclic amines) is 1. The number of alkyl halides is 2. The van der Waals surface area contributed by atoms with Crippen LogP contribution in [-0.2, 0) is 9.59 Å². The van der Waals surface area contributed by atoms with Gasteiger partial charge >= 0.3 is 5.97 Å². The quantitative estimate of drug-likeness (QED) is 0.799. The van der Waals surface area contributed by atoms with E-state index in [1.54, 1.807) is 0 Å². The number of carbonyl (C=O) groups is 3. The van der Waals surface area contributed by atoms with Gasteiger partial charge in [-0.25, -0.2) is 18.0 Å². The maximum Gasteiger partial charge on any atom is 0.326 e. The van der Waals surface area contributed by atoms with E-state index in [9.17, 15) is 27.6 Å². The molecule has 6 nitrogen and oxygen atoms in total. The van der Waals surface area contributed by atoms with E-state index in [2.05, 4.69) is 5.32 Å². The second-order valence-corrected chi connectivity index (χ2v) is 6.12. The Morgan fingerprint density at radius 3 is 2.46 bits per heavy atom. The number of halogens is 3. The molecular formula is C17H19F3N2O4. The molecule has 1 heterocycles. The monoisotopic (exact) mass is 372 g/mol. The molecule has 1 fully saturated rings. The topological polar surface area (TPSA) is 86.7 Å². The van der Waals surface area contributed by atoms with Crippen LogP contribution in [0.1, 0.15) is 29.6 Å². The Kier molecular flexibility index (Phi) is 6.59. The van der Waals surface area contributed by atoms with Gasteiger partial charge in [0.25, 0.3) is 5.91 Å². The van der Waals surface area contributed by atoms with Crippen molar-refractivity contribution in [2.45, 2.75) is 31.7 Å². The fourth-order valence-corrected chi connectivity index (χ4v) is 2.84. The van der Waals surface area contributed by atoms with Crippen LogP contribution in [0.3, 0.4) is 0 Å². The summed E-state index contributed by atoms with van der Waals surface area (Å²) in [6.07, 6.45) is -2.91. The molecule has 2 rings (SSSR count). The van der Waals surface area contributed by atoms with Gasteiger partial charge in [0.1, 0.15) is 11.9 Å². The second kappa shape index (κ2) is 8.68. The molecule has 1 saturated heterocycles. The average molecular weight is 372 g/mol. The largest absolute Gasteiger partial charge is 0.480 e. The second-order valence-electron chi connectivity index (χ2n) is 6.12. The number of amides is 2. The number of hydrogen-bond acceptors (Lipinski definition) is 3. The third-order valence-corrected chi connectivity index (χ3v) is 4.20. The summed E-state index contributed by atoms with van der Waals surface area (Å²) >= 11 is 0. The Balaban J connectivity index is 2.00. The van der Waals surface area contributed by atoms with Crippen LogP contribution in [0.2, 0.25) is 0 Å². The van der Waals surface area contributed by atoms with Gasteiger partial charge < -0.3 is 15.3 Å². The Bertz CT molecular complexity index is 666. The number of benzene rings is 1. The van der Waals surface area contributed by atoms with Crippen LogP contribution in [0, 0.1) is 11.7 Å². The molecule has 0 aliphatic carbocycles. The standard InChI is InChI=1S/C17H19F3N2O4/c18-12-5-3-10(4-6-12)16(24)22-7-1-2-11(9-22)15(23)21-13(17(25)26)8-14(19)20/h3-6,11,13-14H,1-2,7-9H2,(H,21,23)(H,25,26). The average Bonchev–Trinajstić information content (AvgIpc) is 2.60. The molecule has 2 amide bonds. The van der Waals surface area contributed by atoms with E-state index in [-0.39, 0.29) is 18.0 Å². The molecule has 142 valence electrons. The molecule has 0 bridgehead atoms. The summed E-state index contributed by atoms with van der Waals surface area (Å²) in [7, 11) is 0. The van der Waals surface area contributed by atoms with E-state index in [1.165, 1.54) is 17.0 Å². The maximum atomic E-state index is 13.0. The molecule has 0 radical (unpaired) electrons. The zero-order chi connectivity index (χ0) is 19.3. The van der Waals surface area contributed by atoms with Crippen molar-refractivity contribution in [1.82, 2.24) is 10.2 Å². The van der Waals surface area contributed by atoms with Gasteiger partial charge in [0, 0.05) is 25.1 Å². The minimum Gasteiger partial charge on any atom is -0.480 e. The third-order valence-electron chi connectivity index (χ3n) is 4.20.